The zero-order valence-corrected chi connectivity index (χ0v) is 15.9. The lowest BCUT2D eigenvalue weighted by atomic mass is 10.1. The smallest absolute Gasteiger partial charge is 0.281 e. The van der Waals surface area contributed by atoms with Gasteiger partial charge in [0.1, 0.15) is 17.2 Å². The van der Waals surface area contributed by atoms with Crippen LogP contribution >= 0.6 is 12.2 Å². The maximum Gasteiger partial charge on any atom is 0.281 e. The first-order chi connectivity index (χ1) is 12.4. The van der Waals surface area contributed by atoms with E-state index in [-0.39, 0.29) is 5.91 Å². The lowest BCUT2D eigenvalue weighted by Gasteiger charge is -2.17. The zero-order valence-electron chi connectivity index (χ0n) is 15.1. The van der Waals surface area contributed by atoms with E-state index in [1.54, 1.807) is 26.4 Å². The number of carbonyl (C=O) groups is 1. The Morgan fingerprint density at radius 3 is 2.50 bits per heavy atom. The quantitative estimate of drug-likeness (QED) is 0.660. The van der Waals surface area contributed by atoms with Gasteiger partial charge >= 0.3 is 0 Å². The minimum Gasteiger partial charge on any atom is -0.497 e. The van der Waals surface area contributed by atoms with Crippen molar-refractivity contribution in [3.63, 3.8) is 0 Å². The predicted octanol–water partition coefficient (Wildman–Crippen LogP) is 3.58. The largest absolute Gasteiger partial charge is 0.497 e. The number of amides is 1. The number of hydrogen-bond acceptors (Lipinski definition) is 4. The highest BCUT2D eigenvalue weighted by atomic mass is 32.1. The van der Waals surface area contributed by atoms with E-state index in [2.05, 4.69) is 5.32 Å². The minimum absolute atomic E-state index is 0.195. The summed E-state index contributed by atoms with van der Waals surface area (Å²) in [6, 6.07) is 11.3. The number of aryl methyl sites for hydroxylation is 2. The molecular formula is C20H20N2O3S. The summed E-state index contributed by atoms with van der Waals surface area (Å²) in [5.41, 5.74) is 4.07. The van der Waals surface area contributed by atoms with Crippen molar-refractivity contribution in [1.82, 2.24) is 5.32 Å². The Balaban J connectivity index is 1.97. The molecule has 1 amide bonds. The number of nitrogens with one attached hydrogen (secondary N) is 1. The maximum atomic E-state index is 12.9. The van der Waals surface area contributed by atoms with Crippen molar-refractivity contribution in [2.75, 3.05) is 19.1 Å². The number of thiocarbonyl (C=S) groups is 1. The molecule has 6 heteroatoms. The number of hydrogen-bond donors (Lipinski definition) is 1. The van der Waals surface area contributed by atoms with Crippen molar-refractivity contribution < 1.29 is 14.3 Å². The Morgan fingerprint density at radius 2 is 1.85 bits per heavy atom. The average Bonchev–Trinajstić information content (AvgIpc) is 2.89. The van der Waals surface area contributed by atoms with Crippen molar-refractivity contribution in [3.05, 3.63) is 58.8 Å². The van der Waals surface area contributed by atoms with E-state index in [4.69, 9.17) is 21.7 Å². The van der Waals surface area contributed by atoms with Crippen LogP contribution < -0.4 is 19.7 Å². The first-order valence-corrected chi connectivity index (χ1v) is 8.52. The molecule has 1 N–H and O–H groups in total. The summed E-state index contributed by atoms with van der Waals surface area (Å²) >= 11 is 5.39. The number of benzene rings is 2. The molecule has 1 aliphatic rings. The molecule has 0 bridgehead atoms. The third kappa shape index (κ3) is 3.28. The number of anilines is 1. The second kappa shape index (κ2) is 7.17. The van der Waals surface area contributed by atoms with Gasteiger partial charge in [-0.15, -0.1) is 0 Å². The molecule has 0 atom stereocenters. The molecule has 1 aliphatic heterocycles. The third-order valence-corrected chi connectivity index (χ3v) is 4.50. The van der Waals surface area contributed by atoms with Crippen LogP contribution in [0.4, 0.5) is 5.69 Å². The summed E-state index contributed by atoms with van der Waals surface area (Å²) in [6.07, 6.45) is 1.73. The summed E-state index contributed by atoms with van der Waals surface area (Å²) in [5, 5.41) is 3.37. The number of nitrogens with zero attached hydrogens (tertiary/aromatic N) is 1. The molecule has 0 spiro atoms. The Kier molecular flexibility index (Phi) is 4.95. The lowest BCUT2D eigenvalue weighted by molar-refractivity contribution is -0.113. The number of rotatable bonds is 4. The van der Waals surface area contributed by atoms with Gasteiger partial charge < -0.3 is 14.8 Å². The van der Waals surface area contributed by atoms with Gasteiger partial charge in [0.15, 0.2) is 5.11 Å². The number of carbonyl (C=O) groups excluding carboxylic acids is 1. The third-order valence-electron chi connectivity index (χ3n) is 4.21. The topological polar surface area (TPSA) is 50.8 Å². The fraction of sp³-hybridized carbons (Fsp3) is 0.200. The van der Waals surface area contributed by atoms with Crippen LogP contribution in [-0.4, -0.2) is 25.2 Å². The van der Waals surface area contributed by atoms with Crippen LogP contribution in [0.1, 0.15) is 16.7 Å². The van der Waals surface area contributed by atoms with Crippen molar-refractivity contribution >= 4 is 35.0 Å². The van der Waals surface area contributed by atoms with Crippen molar-refractivity contribution in [2.24, 2.45) is 0 Å². The average molecular weight is 368 g/mol. The first-order valence-electron chi connectivity index (χ1n) is 8.11. The summed E-state index contributed by atoms with van der Waals surface area (Å²) in [5.74, 6) is 1.10. The van der Waals surface area contributed by atoms with Crippen LogP contribution in [-0.2, 0) is 4.79 Å². The van der Waals surface area contributed by atoms with E-state index in [1.807, 2.05) is 44.2 Å². The highest BCUT2D eigenvalue weighted by Gasteiger charge is 2.33. The SMILES string of the molecule is COc1ccc(/C=C2\NC(=S)N(c3ccc(C)cc3C)C2=O)c(OC)c1. The van der Waals surface area contributed by atoms with Crippen molar-refractivity contribution in [3.8, 4) is 11.5 Å². The molecule has 5 nitrogen and oxygen atoms in total. The van der Waals surface area contributed by atoms with Crippen LogP contribution in [0.5, 0.6) is 11.5 Å². The first kappa shape index (κ1) is 17.9. The van der Waals surface area contributed by atoms with E-state index >= 15 is 0 Å². The van der Waals surface area contributed by atoms with Crippen LogP contribution in [0.3, 0.4) is 0 Å². The molecule has 1 saturated heterocycles. The van der Waals surface area contributed by atoms with E-state index in [1.165, 1.54) is 4.90 Å². The van der Waals surface area contributed by atoms with Gasteiger partial charge in [0.2, 0.25) is 0 Å². The molecule has 0 radical (unpaired) electrons. The molecule has 0 aliphatic carbocycles. The Hall–Kier alpha value is -2.86. The van der Waals surface area contributed by atoms with Crippen molar-refractivity contribution in [2.45, 2.75) is 13.8 Å². The maximum absolute atomic E-state index is 12.9. The van der Waals surface area contributed by atoms with Crippen LogP contribution in [0.15, 0.2) is 42.1 Å². The summed E-state index contributed by atoms with van der Waals surface area (Å²) < 4.78 is 10.6. The zero-order chi connectivity index (χ0) is 18.8. The summed E-state index contributed by atoms with van der Waals surface area (Å²) in [7, 11) is 3.17. The van der Waals surface area contributed by atoms with Gasteiger partial charge in [-0.2, -0.15) is 0 Å². The molecular weight excluding hydrogens is 348 g/mol. The van der Waals surface area contributed by atoms with Crippen molar-refractivity contribution in [1.29, 1.82) is 0 Å². The van der Waals surface area contributed by atoms with Crippen LogP contribution in [0.2, 0.25) is 0 Å². The summed E-state index contributed by atoms with van der Waals surface area (Å²) in [6.45, 7) is 3.98. The Morgan fingerprint density at radius 1 is 1.08 bits per heavy atom. The molecule has 2 aromatic rings. The van der Waals surface area contributed by atoms with Gasteiger partial charge in [-0.25, -0.2) is 0 Å². The molecule has 3 rings (SSSR count). The van der Waals surface area contributed by atoms with Gasteiger partial charge in [-0.05, 0) is 55.9 Å². The van der Waals surface area contributed by atoms with Gasteiger partial charge in [-0.1, -0.05) is 17.7 Å². The van der Waals surface area contributed by atoms with E-state index in [0.717, 1.165) is 22.4 Å². The second-order valence-corrected chi connectivity index (χ2v) is 6.41. The van der Waals surface area contributed by atoms with E-state index in [9.17, 15) is 4.79 Å². The molecule has 2 aromatic carbocycles. The molecule has 1 fully saturated rings. The molecule has 0 saturated carbocycles. The summed E-state index contributed by atoms with van der Waals surface area (Å²) in [4.78, 5) is 14.4. The van der Waals surface area contributed by atoms with Gasteiger partial charge in [0.25, 0.3) is 5.91 Å². The van der Waals surface area contributed by atoms with Crippen LogP contribution in [0, 0.1) is 13.8 Å². The lowest BCUT2D eigenvalue weighted by Crippen LogP contribution is -2.30. The van der Waals surface area contributed by atoms with E-state index < -0.39 is 0 Å². The Labute approximate surface area is 158 Å². The monoisotopic (exact) mass is 368 g/mol. The predicted molar refractivity (Wildman–Crippen MR) is 107 cm³/mol. The fourth-order valence-corrected chi connectivity index (χ4v) is 3.19. The highest BCUT2D eigenvalue weighted by Crippen LogP contribution is 2.29. The highest BCUT2D eigenvalue weighted by molar-refractivity contribution is 7.80. The van der Waals surface area contributed by atoms with Crippen LogP contribution in [0.25, 0.3) is 6.08 Å². The number of methoxy groups -OCH3 is 2. The molecule has 134 valence electrons. The van der Waals surface area contributed by atoms with E-state index in [0.29, 0.717) is 22.3 Å². The molecule has 26 heavy (non-hydrogen) atoms. The Bertz CT molecular complexity index is 921. The minimum atomic E-state index is -0.195. The van der Waals surface area contributed by atoms with Gasteiger partial charge in [0.05, 0.1) is 19.9 Å². The normalized spacial score (nSPS) is 15.4. The standard InChI is InChI=1S/C20H20N2O3S/c1-12-5-8-17(13(2)9-12)22-19(23)16(21-20(22)26)10-14-6-7-15(24-3)11-18(14)25-4/h5-11H,1-4H3,(H,21,26)/b16-10-. The van der Waals surface area contributed by atoms with Gasteiger partial charge in [0, 0.05) is 11.6 Å². The number of ether oxygens (including phenoxy) is 2. The molecule has 0 unspecified atom stereocenters. The van der Waals surface area contributed by atoms with Gasteiger partial charge in [-0.3, -0.25) is 9.69 Å². The molecule has 0 aromatic heterocycles. The second-order valence-electron chi connectivity index (χ2n) is 6.03. The fourth-order valence-electron chi connectivity index (χ4n) is 2.90. The molecule has 1 heterocycles.